The van der Waals surface area contributed by atoms with Crippen molar-refractivity contribution in [3.8, 4) is 11.1 Å². The zero-order chi connectivity index (χ0) is 17.3. The molecule has 1 fully saturated rings. The van der Waals surface area contributed by atoms with E-state index in [0.29, 0.717) is 0 Å². The monoisotopic (exact) mass is 334 g/mol. The first kappa shape index (κ1) is 18.2. The van der Waals surface area contributed by atoms with Crippen LogP contribution in [-0.2, 0) is 6.42 Å². The maximum absolute atomic E-state index is 2.33. The summed E-state index contributed by atoms with van der Waals surface area (Å²) in [5.74, 6) is 2.00. The van der Waals surface area contributed by atoms with E-state index in [2.05, 4.69) is 61.5 Å². The summed E-state index contributed by atoms with van der Waals surface area (Å²) < 4.78 is 0. The normalized spacial score (nSPS) is 20.5. The van der Waals surface area contributed by atoms with Gasteiger partial charge in [-0.05, 0) is 41.4 Å². The summed E-state index contributed by atoms with van der Waals surface area (Å²) in [6.45, 7) is 2.31. The molecule has 3 rings (SSSR count). The molecule has 0 bridgehead atoms. The third-order valence-electron chi connectivity index (χ3n) is 6.08. The highest BCUT2D eigenvalue weighted by molar-refractivity contribution is 5.63. The van der Waals surface area contributed by atoms with Gasteiger partial charge in [-0.2, -0.15) is 0 Å². The first-order valence-corrected chi connectivity index (χ1v) is 10.5. The molecular weight excluding hydrogens is 300 g/mol. The summed E-state index contributed by atoms with van der Waals surface area (Å²) >= 11 is 0. The summed E-state index contributed by atoms with van der Waals surface area (Å²) in [7, 11) is 0. The van der Waals surface area contributed by atoms with E-state index < -0.39 is 0 Å². The van der Waals surface area contributed by atoms with E-state index in [1.165, 1.54) is 80.9 Å². The third kappa shape index (κ3) is 5.73. The van der Waals surface area contributed by atoms with Crippen molar-refractivity contribution >= 4 is 0 Å². The number of rotatable bonds is 8. The van der Waals surface area contributed by atoms with Gasteiger partial charge in [-0.25, -0.2) is 0 Å². The molecule has 0 radical (unpaired) electrons. The van der Waals surface area contributed by atoms with E-state index in [9.17, 15) is 0 Å². The summed E-state index contributed by atoms with van der Waals surface area (Å²) in [4.78, 5) is 0. The van der Waals surface area contributed by atoms with Gasteiger partial charge in [-0.1, -0.05) is 113 Å². The molecule has 1 saturated carbocycles. The van der Waals surface area contributed by atoms with E-state index in [1.807, 2.05) is 0 Å². The predicted octanol–water partition coefficient (Wildman–Crippen LogP) is 7.67. The van der Waals surface area contributed by atoms with Gasteiger partial charge in [0, 0.05) is 0 Å². The van der Waals surface area contributed by atoms with Gasteiger partial charge < -0.3 is 0 Å². The molecule has 0 atom stereocenters. The Morgan fingerprint density at radius 2 is 1.28 bits per heavy atom. The molecular formula is C25H34. The van der Waals surface area contributed by atoms with Crippen molar-refractivity contribution < 1.29 is 0 Å². The maximum atomic E-state index is 2.33. The molecule has 2 aromatic carbocycles. The van der Waals surface area contributed by atoms with Gasteiger partial charge in [0.25, 0.3) is 0 Å². The smallest absolute Gasteiger partial charge is 0.0184 e. The van der Waals surface area contributed by atoms with Crippen LogP contribution in [-0.4, -0.2) is 0 Å². The molecule has 0 aliphatic heterocycles. The first-order valence-electron chi connectivity index (χ1n) is 10.5. The van der Waals surface area contributed by atoms with E-state index >= 15 is 0 Å². The maximum Gasteiger partial charge on any atom is -0.0184 e. The molecule has 134 valence electrons. The lowest BCUT2D eigenvalue weighted by Gasteiger charge is -2.28. The van der Waals surface area contributed by atoms with Crippen molar-refractivity contribution in [3.05, 3.63) is 60.2 Å². The van der Waals surface area contributed by atoms with E-state index in [4.69, 9.17) is 0 Å². The van der Waals surface area contributed by atoms with Gasteiger partial charge in [0.05, 0.1) is 0 Å². The zero-order valence-electron chi connectivity index (χ0n) is 15.9. The van der Waals surface area contributed by atoms with Crippen molar-refractivity contribution in [2.24, 2.45) is 11.8 Å². The van der Waals surface area contributed by atoms with Crippen molar-refractivity contribution in [2.75, 3.05) is 0 Å². The van der Waals surface area contributed by atoms with Crippen LogP contribution in [0.25, 0.3) is 11.1 Å². The minimum absolute atomic E-state index is 0.969. The number of aryl methyl sites for hydroxylation is 1. The molecule has 0 aromatic heterocycles. The quantitative estimate of drug-likeness (QED) is 0.434. The van der Waals surface area contributed by atoms with Gasteiger partial charge in [0.15, 0.2) is 0 Å². The van der Waals surface area contributed by atoms with Crippen molar-refractivity contribution in [1.82, 2.24) is 0 Å². The molecule has 0 N–H and O–H groups in total. The lowest BCUT2D eigenvalue weighted by Crippen LogP contribution is -2.15. The van der Waals surface area contributed by atoms with Crippen LogP contribution in [0.4, 0.5) is 0 Å². The predicted molar refractivity (Wildman–Crippen MR) is 110 cm³/mol. The fourth-order valence-electron chi connectivity index (χ4n) is 4.36. The second kappa shape index (κ2) is 9.80. The molecule has 25 heavy (non-hydrogen) atoms. The van der Waals surface area contributed by atoms with Gasteiger partial charge in [0.2, 0.25) is 0 Å². The number of benzene rings is 2. The molecule has 0 amide bonds. The number of unbranched alkanes of at least 4 members (excludes halogenated alkanes) is 2. The molecule has 0 heteroatoms. The Bertz CT molecular complexity index is 588. The van der Waals surface area contributed by atoms with Crippen LogP contribution >= 0.6 is 0 Å². The minimum atomic E-state index is 0.969. The molecule has 0 heterocycles. The SMILES string of the molecule is CCCCC[C@H]1CC[C@H](CCc2ccc(-c3ccccc3)cc2)CC1. The first-order chi connectivity index (χ1) is 12.3. The fraction of sp³-hybridized carbons (Fsp3) is 0.520. The van der Waals surface area contributed by atoms with E-state index in [-0.39, 0.29) is 0 Å². The van der Waals surface area contributed by atoms with E-state index in [1.54, 1.807) is 0 Å². The van der Waals surface area contributed by atoms with Crippen LogP contribution in [0.1, 0.15) is 70.3 Å². The Morgan fingerprint density at radius 1 is 0.680 bits per heavy atom. The average molecular weight is 335 g/mol. The lowest BCUT2D eigenvalue weighted by molar-refractivity contribution is 0.249. The van der Waals surface area contributed by atoms with Gasteiger partial charge in [-0.15, -0.1) is 0 Å². The van der Waals surface area contributed by atoms with Crippen LogP contribution in [0.2, 0.25) is 0 Å². The Morgan fingerprint density at radius 3 is 1.92 bits per heavy atom. The minimum Gasteiger partial charge on any atom is -0.0654 e. The lowest BCUT2D eigenvalue weighted by atomic mass is 9.78. The highest BCUT2D eigenvalue weighted by Crippen LogP contribution is 2.34. The molecule has 0 unspecified atom stereocenters. The van der Waals surface area contributed by atoms with Crippen LogP contribution < -0.4 is 0 Å². The second-order valence-corrected chi connectivity index (χ2v) is 7.98. The highest BCUT2D eigenvalue weighted by Gasteiger charge is 2.20. The third-order valence-corrected chi connectivity index (χ3v) is 6.08. The zero-order valence-corrected chi connectivity index (χ0v) is 15.9. The van der Waals surface area contributed by atoms with E-state index in [0.717, 1.165) is 11.8 Å². The standard InChI is InChI=1S/C25H34/c1-2-3-5-8-21-11-13-22(14-12-21)15-16-23-17-19-25(20-18-23)24-9-6-4-7-10-24/h4,6-7,9-10,17-22H,2-3,5,8,11-16H2,1H3/t21-,22-. The van der Waals surface area contributed by atoms with Crippen LogP contribution in [0.5, 0.6) is 0 Å². The van der Waals surface area contributed by atoms with Crippen molar-refractivity contribution in [1.29, 1.82) is 0 Å². The number of hydrogen-bond acceptors (Lipinski definition) is 0. The fourth-order valence-corrected chi connectivity index (χ4v) is 4.36. The van der Waals surface area contributed by atoms with Gasteiger partial charge in [-0.3, -0.25) is 0 Å². The van der Waals surface area contributed by atoms with Crippen LogP contribution in [0, 0.1) is 11.8 Å². The Balaban J connectivity index is 1.41. The van der Waals surface area contributed by atoms with Gasteiger partial charge in [0.1, 0.15) is 0 Å². The summed E-state index contributed by atoms with van der Waals surface area (Å²) in [5, 5.41) is 0. The van der Waals surface area contributed by atoms with Crippen LogP contribution in [0.15, 0.2) is 54.6 Å². The Hall–Kier alpha value is -1.56. The summed E-state index contributed by atoms with van der Waals surface area (Å²) in [6, 6.07) is 19.9. The summed E-state index contributed by atoms with van der Waals surface area (Å²) in [6.07, 6.45) is 14.3. The second-order valence-electron chi connectivity index (χ2n) is 7.98. The highest BCUT2D eigenvalue weighted by atomic mass is 14.3. The molecule has 0 saturated heterocycles. The average Bonchev–Trinajstić information content (AvgIpc) is 2.69. The molecule has 1 aliphatic rings. The van der Waals surface area contributed by atoms with Crippen molar-refractivity contribution in [3.63, 3.8) is 0 Å². The van der Waals surface area contributed by atoms with Gasteiger partial charge >= 0.3 is 0 Å². The number of hydrogen-bond donors (Lipinski definition) is 0. The molecule has 1 aliphatic carbocycles. The molecule has 2 aromatic rings. The topological polar surface area (TPSA) is 0 Å². The van der Waals surface area contributed by atoms with Crippen molar-refractivity contribution in [2.45, 2.75) is 71.1 Å². The largest absolute Gasteiger partial charge is 0.0654 e. The Labute approximate surface area is 154 Å². The molecule has 0 spiro atoms. The Kier molecular flexibility index (Phi) is 7.15. The van der Waals surface area contributed by atoms with Crippen LogP contribution in [0.3, 0.4) is 0 Å². The summed E-state index contributed by atoms with van der Waals surface area (Å²) in [5.41, 5.74) is 4.15. The molecule has 0 nitrogen and oxygen atoms in total.